The molecule has 0 aliphatic carbocycles. The molecule has 5 nitrogen and oxygen atoms in total. The maximum Gasteiger partial charge on any atom is 0.194 e. The minimum Gasteiger partial charge on any atom is -0.367 e. The summed E-state index contributed by atoms with van der Waals surface area (Å²) in [6, 6.07) is 15.2. The van der Waals surface area contributed by atoms with E-state index in [1.165, 1.54) is 23.4 Å². The van der Waals surface area contributed by atoms with Gasteiger partial charge in [-0.25, -0.2) is 4.39 Å². The molecule has 166 valence electrons. The normalized spacial score (nSPS) is 21.2. The average molecular weight is 536 g/mol. The zero-order chi connectivity index (χ0) is 20.9. The lowest BCUT2D eigenvalue weighted by Gasteiger charge is -2.38. The number of halogens is 2. The zero-order valence-corrected chi connectivity index (χ0v) is 20.3. The molecule has 0 aromatic heterocycles. The van der Waals surface area contributed by atoms with Crippen molar-refractivity contribution in [3.63, 3.8) is 0 Å². The van der Waals surface area contributed by atoms with Crippen molar-refractivity contribution in [2.75, 3.05) is 38.1 Å². The smallest absolute Gasteiger partial charge is 0.194 e. The van der Waals surface area contributed by atoms with E-state index in [0.29, 0.717) is 13.1 Å². The van der Waals surface area contributed by atoms with Crippen LogP contribution in [0.4, 0.5) is 10.1 Å². The molecule has 0 bridgehead atoms. The lowest BCUT2D eigenvalue weighted by atomic mass is 10.1. The van der Waals surface area contributed by atoms with Crippen LogP contribution in [-0.2, 0) is 11.3 Å². The molecule has 2 aliphatic heterocycles. The Morgan fingerprint density at radius 2 is 1.87 bits per heavy atom. The third-order valence-corrected chi connectivity index (χ3v) is 5.56. The van der Waals surface area contributed by atoms with E-state index in [1.807, 2.05) is 7.05 Å². The summed E-state index contributed by atoms with van der Waals surface area (Å²) in [4.78, 5) is 9.06. The van der Waals surface area contributed by atoms with Crippen LogP contribution in [0.2, 0.25) is 0 Å². The third-order valence-electron chi connectivity index (χ3n) is 5.56. The summed E-state index contributed by atoms with van der Waals surface area (Å²) >= 11 is 0. The maximum absolute atomic E-state index is 13.3. The second-order valence-corrected chi connectivity index (χ2v) is 7.84. The molecule has 4 rings (SSSR count). The molecule has 2 unspecified atom stereocenters. The van der Waals surface area contributed by atoms with Crippen LogP contribution >= 0.6 is 24.0 Å². The molecule has 0 spiro atoms. The number of hydrogen-bond acceptors (Lipinski definition) is 3. The molecule has 0 radical (unpaired) electrons. The first-order chi connectivity index (χ1) is 14.6. The first kappa shape index (κ1) is 23.5. The summed E-state index contributed by atoms with van der Waals surface area (Å²) in [5.74, 6) is 0.620. The molecule has 2 aromatic carbocycles. The highest BCUT2D eigenvalue weighted by molar-refractivity contribution is 14.0. The number of aliphatic imine (C=N–C) groups is 1. The van der Waals surface area contributed by atoms with Crippen LogP contribution in [0.1, 0.15) is 24.2 Å². The molecule has 31 heavy (non-hydrogen) atoms. The zero-order valence-electron chi connectivity index (χ0n) is 18.0. The van der Waals surface area contributed by atoms with Crippen LogP contribution in [0, 0.1) is 5.82 Å². The SMILES string of the molecule is CN=C(NCc1cccc(N2CC=CC2)c1)N1CC(C)OC(c2ccc(F)cc2)C1.I. The number of morpholine rings is 1. The molecule has 2 aromatic rings. The van der Waals surface area contributed by atoms with Gasteiger partial charge in [0.1, 0.15) is 11.9 Å². The fourth-order valence-corrected chi connectivity index (χ4v) is 4.05. The predicted octanol–water partition coefficient (Wildman–Crippen LogP) is 4.36. The highest BCUT2D eigenvalue weighted by atomic mass is 127. The number of guanidine groups is 1. The van der Waals surface area contributed by atoms with Gasteiger partial charge in [0.2, 0.25) is 0 Å². The molecule has 1 fully saturated rings. The van der Waals surface area contributed by atoms with Crippen LogP contribution in [0.3, 0.4) is 0 Å². The summed E-state index contributed by atoms with van der Waals surface area (Å²) in [6.07, 6.45) is 4.34. The fraction of sp³-hybridized carbons (Fsp3) is 0.375. The lowest BCUT2D eigenvalue weighted by Crippen LogP contribution is -2.50. The van der Waals surface area contributed by atoms with Gasteiger partial charge in [0.15, 0.2) is 5.96 Å². The molecule has 1 N–H and O–H groups in total. The molecule has 1 saturated heterocycles. The summed E-state index contributed by atoms with van der Waals surface area (Å²) in [5.41, 5.74) is 3.44. The highest BCUT2D eigenvalue weighted by Gasteiger charge is 2.28. The number of ether oxygens (including phenoxy) is 1. The second kappa shape index (κ2) is 10.9. The van der Waals surface area contributed by atoms with Crippen molar-refractivity contribution in [3.05, 3.63) is 77.6 Å². The van der Waals surface area contributed by atoms with E-state index in [-0.39, 0.29) is 42.0 Å². The second-order valence-electron chi connectivity index (χ2n) is 7.84. The number of hydrogen-bond donors (Lipinski definition) is 1. The summed E-state index contributed by atoms with van der Waals surface area (Å²) in [5, 5.41) is 3.50. The van der Waals surface area contributed by atoms with Gasteiger partial charge < -0.3 is 19.9 Å². The molecular formula is C24H30FIN4O. The standard InChI is InChI=1S/C24H29FN4O.HI/c1-18-16-29(17-23(30-18)20-8-10-21(25)11-9-20)24(26-2)27-15-19-6-5-7-22(14-19)28-12-3-4-13-28;/h3-11,14,18,23H,12-13,15-17H2,1-2H3,(H,26,27);1H. The number of nitrogens with one attached hydrogen (secondary N) is 1. The van der Waals surface area contributed by atoms with Crippen LogP contribution in [-0.4, -0.2) is 50.2 Å². The number of nitrogens with zero attached hydrogens (tertiary/aromatic N) is 3. The van der Waals surface area contributed by atoms with Crippen molar-refractivity contribution >= 4 is 35.6 Å². The predicted molar refractivity (Wildman–Crippen MR) is 135 cm³/mol. The minimum absolute atomic E-state index is 0. The quantitative estimate of drug-likeness (QED) is 0.273. The first-order valence-electron chi connectivity index (χ1n) is 10.5. The monoisotopic (exact) mass is 536 g/mol. The van der Waals surface area contributed by atoms with Crippen molar-refractivity contribution in [2.24, 2.45) is 4.99 Å². The fourth-order valence-electron chi connectivity index (χ4n) is 4.05. The Hall–Kier alpha value is -2.13. The van der Waals surface area contributed by atoms with Gasteiger partial charge in [-0.3, -0.25) is 4.99 Å². The van der Waals surface area contributed by atoms with Crippen LogP contribution in [0.5, 0.6) is 0 Å². The molecule has 0 saturated carbocycles. The van der Waals surface area contributed by atoms with Gasteiger partial charge in [-0.15, -0.1) is 24.0 Å². The number of anilines is 1. The van der Waals surface area contributed by atoms with Gasteiger partial charge >= 0.3 is 0 Å². The lowest BCUT2D eigenvalue weighted by molar-refractivity contribution is -0.0605. The van der Waals surface area contributed by atoms with Gasteiger partial charge in [0, 0.05) is 38.9 Å². The van der Waals surface area contributed by atoms with Crippen LogP contribution in [0.15, 0.2) is 65.7 Å². The van der Waals surface area contributed by atoms with Crippen molar-refractivity contribution < 1.29 is 9.13 Å². The summed E-state index contributed by atoms with van der Waals surface area (Å²) in [6.45, 7) is 6.13. The van der Waals surface area contributed by atoms with Gasteiger partial charge in [-0.05, 0) is 42.3 Å². The topological polar surface area (TPSA) is 40.1 Å². The van der Waals surface area contributed by atoms with Gasteiger partial charge in [0.05, 0.1) is 12.6 Å². The van der Waals surface area contributed by atoms with E-state index >= 15 is 0 Å². The molecule has 7 heteroatoms. The molecule has 2 heterocycles. The summed E-state index contributed by atoms with van der Waals surface area (Å²) < 4.78 is 19.4. The van der Waals surface area contributed by atoms with E-state index in [9.17, 15) is 4.39 Å². The Balaban J connectivity index is 0.00000272. The Morgan fingerprint density at radius 3 is 2.58 bits per heavy atom. The van der Waals surface area contributed by atoms with Crippen LogP contribution in [0.25, 0.3) is 0 Å². The van der Waals surface area contributed by atoms with Crippen molar-refractivity contribution in [1.29, 1.82) is 0 Å². The highest BCUT2D eigenvalue weighted by Crippen LogP contribution is 2.25. The molecule has 2 atom stereocenters. The van der Waals surface area contributed by atoms with E-state index in [1.54, 1.807) is 12.1 Å². The van der Waals surface area contributed by atoms with Crippen LogP contribution < -0.4 is 10.2 Å². The first-order valence-corrected chi connectivity index (χ1v) is 10.5. The van der Waals surface area contributed by atoms with Crippen molar-refractivity contribution in [3.8, 4) is 0 Å². The number of benzene rings is 2. The Labute approximate surface area is 201 Å². The molecular weight excluding hydrogens is 506 g/mol. The third kappa shape index (κ3) is 5.98. The van der Waals surface area contributed by atoms with E-state index in [2.05, 4.69) is 63.5 Å². The van der Waals surface area contributed by atoms with E-state index in [0.717, 1.165) is 31.2 Å². The van der Waals surface area contributed by atoms with E-state index in [4.69, 9.17) is 4.74 Å². The number of rotatable bonds is 4. The van der Waals surface area contributed by atoms with Gasteiger partial charge in [-0.2, -0.15) is 0 Å². The van der Waals surface area contributed by atoms with Gasteiger partial charge in [-0.1, -0.05) is 36.4 Å². The molecule has 2 aliphatic rings. The van der Waals surface area contributed by atoms with Gasteiger partial charge in [0.25, 0.3) is 0 Å². The Morgan fingerprint density at radius 1 is 1.13 bits per heavy atom. The van der Waals surface area contributed by atoms with E-state index < -0.39 is 0 Å². The largest absolute Gasteiger partial charge is 0.367 e. The average Bonchev–Trinajstić information content (AvgIpc) is 3.30. The maximum atomic E-state index is 13.3. The molecule has 0 amide bonds. The summed E-state index contributed by atoms with van der Waals surface area (Å²) in [7, 11) is 1.81. The van der Waals surface area contributed by atoms with Crippen molar-refractivity contribution in [1.82, 2.24) is 10.2 Å². The van der Waals surface area contributed by atoms with Crippen molar-refractivity contribution in [2.45, 2.75) is 25.7 Å². The minimum atomic E-state index is -0.233. The Bertz CT molecular complexity index is 910. The Kier molecular flexibility index (Phi) is 8.31.